The molecule has 1 unspecified atom stereocenters. The molecule has 19 heavy (non-hydrogen) atoms. The number of methoxy groups -OCH3 is 2. The molecule has 1 N–H and O–H groups in total. The summed E-state index contributed by atoms with van der Waals surface area (Å²) in [4.78, 5) is 2.44. The van der Waals surface area contributed by atoms with Gasteiger partial charge in [0.2, 0.25) is 0 Å². The van der Waals surface area contributed by atoms with Gasteiger partial charge in [0.15, 0.2) is 0 Å². The molecule has 1 aliphatic heterocycles. The Kier molecular flexibility index (Phi) is 4.91. The van der Waals surface area contributed by atoms with Gasteiger partial charge in [0.25, 0.3) is 0 Å². The van der Waals surface area contributed by atoms with Crippen molar-refractivity contribution in [3.63, 3.8) is 0 Å². The first-order valence-corrected chi connectivity index (χ1v) is 6.95. The fraction of sp³-hybridized carbons (Fsp3) is 0.600. The van der Waals surface area contributed by atoms with Gasteiger partial charge in [-0.3, -0.25) is 0 Å². The van der Waals surface area contributed by atoms with Crippen LogP contribution in [0.4, 0.5) is 5.69 Å². The summed E-state index contributed by atoms with van der Waals surface area (Å²) in [7, 11) is 3.40. The van der Waals surface area contributed by atoms with E-state index in [4.69, 9.17) is 9.47 Å². The van der Waals surface area contributed by atoms with E-state index < -0.39 is 0 Å². The number of hydrogen-bond acceptors (Lipinski definition) is 4. The van der Waals surface area contributed by atoms with E-state index in [1.807, 2.05) is 12.1 Å². The number of hydrogen-bond donors (Lipinski definition) is 1. The maximum Gasteiger partial charge on any atom is 0.145 e. The van der Waals surface area contributed by atoms with Crippen molar-refractivity contribution in [3.05, 3.63) is 18.2 Å². The second-order valence-electron chi connectivity index (χ2n) is 4.97. The molecule has 1 aromatic carbocycles. The maximum absolute atomic E-state index is 5.52. The van der Waals surface area contributed by atoms with Crippen molar-refractivity contribution in [2.75, 3.05) is 38.8 Å². The summed E-state index contributed by atoms with van der Waals surface area (Å²) in [6.45, 7) is 5.49. The van der Waals surface area contributed by atoms with Crippen LogP contribution in [-0.4, -0.2) is 39.9 Å². The van der Waals surface area contributed by atoms with Crippen LogP contribution in [0.15, 0.2) is 18.2 Å². The molecule has 106 valence electrons. The molecule has 1 atom stereocenters. The largest absolute Gasteiger partial charge is 0.497 e. The van der Waals surface area contributed by atoms with Crippen LogP contribution in [0.1, 0.15) is 19.8 Å². The first-order chi connectivity index (χ1) is 9.26. The van der Waals surface area contributed by atoms with Crippen molar-refractivity contribution in [3.8, 4) is 11.5 Å². The zero-order valence-corrected chi connectivity index (χ0v) is 12.1. The zero-order chi connectivity index (χ0) is 13.7. The van der Waals surface area contributed by atoms with Crippen molar-refractivity contribution in [2.45, 2.75) is 25.8 Å². The predicted molar refractivity (Wildman–Crippen MR) is 78.5 cm³/mol. The fourth-order valence-corrected chi connectivity index (χ4v) is 2.57. The molecule has 2 rings (SSSR count). The normalized spacial score (nSPS) is 20.6. The van der Waals surface area contributed by atoms with Crippen molar-refractivity contribution in [1.82, 2.24) is 5.32 Å². The molecule has 1 aromatic rings. The Morgan fingerprint density at radius 2 is 2.05 bits per heavy atom. The van der Waals surface area contributed by atoms with E-state index in [0.717, 1.165) is 49.7 Å². The Labute approximate surface area is 115 Å². The molecule has 0 bridgehead atoms. The van der Waals surface area contributed by atoms with E-state index in [9.17, 15) is 0 Å². The quantitative estimate of drug-likeness (QED) is 0.908. The lowest BCUT2D eigenvalue weighted by atomic mass is 10.1. The number of nitrogens with zero attached hydrogens (tertiary/aromatic N) is 1. The minimum absolute atomic E-state index is 0.509. The maximum atomic E-state index is 5.52. The molecule has 4 heteroatoms. The van der Waals surface area contributed by atoms with Crippen molar-refractivity contribution >= 4 is 5.69 Å². The van der Waals surface area contributed by atoms with Crippen LogP contribution in [0.2, 0.25) is 0 Å². The summed E-state index contributed by atoms with van der Waals surface area (Å²) < 4.78 is 10.8. The lowest BCUT2D eigenvalue weighted by Crippen LogP contribution is -2.40. The van der Waals surface area contributed by atoms with Crippen molar-refractivity contribution in [1.29, 1.82) is 0 Å². The second-order valence-corrected chi connectivity index (χ2v) is 4.97. The average Bonchev–Trinajstić information content (AvgIpc) is 2.43. The average molecular weight is 264 g/mol. The fourth-order valence-electron chi connectivity index (χ4n) is 2.57. The van der Waals surface area contributed by atoms with Gasteiger partial charge in [-0.1, -0.05) is 0 Å². The van der Waals surface area contributed by atoms with Gasteiger partial charge in [-0.15, -0.1) is 0 Å². The standard InChI is InChI=1S/C15H24N2O2/c1-12-7-9-16-8-4-10-17(12)14-6-5-13(18-2)11-15(14)19-3/h5-6,11-12,16H,4,7-10H2,1-3H3. The molecule has 1 fully saturated rings. The van der Waals surface area contributed by atoms with Crippen LogP contribution < -0.4 is 19.7 Å². The smallest absolute Gasteiger partial charge is 0.145 e. The molecule has 0 amide bonds. The van der Waals surface area contributed by atoms with E-state index in [-0.39, 0.29) is 0 Å². The lowest BCUT2D eigenvalue weighted by molar-refractivity contribution is 0.392. The van der Waals surface area contributed by atoms with Crippen LogP contribution in [0.5, 0.6) is 11.5 Å². The molecule has 0 aromatic heterocycles. The van der Waals surface area contributed by atoms with Gasteiger partial charge >= 0.3 is 0 Å². The van der Waals surface area contributed by atoms with Crippen LogP contribution in [0.25, 0.3) is 0 Å². The summed E-state index contributed by atoms with van der Waals surface area (Å²) in [6.07, 6.45) is 2.30. The van der Waals surface area contributed by atoms with Gasteiger partial charge in [0, 0.05) is 18.7 Å². The third kappa shape index (κ3) is 3.32. The van der Waals surface area contributed by atoms with Gasteiger partial charge in [0.05, 0.1) is 19.9 Å². The van der Waals surface area contributed by atoms with Crippen LogP contribution >= 0.6 is 0 Å². The van der Waals surface area contributed by atoms with Crippen molar-refractivity contribution < 1.29 is 9.47 Å². The second kappa shape index (κ2) is 6.66. The predicted octanol–water partition coefficient (Wildman–Crippen LogP) is 2.28. The Balaban J connectivity index is 2.26. The third-order valence-corrected chi connectivity index (χ3v) is 3.72. The van der Waals surface area contributed by atoms with Gasteiger partial charge in [-0.2, -0.15) is 0 Å². The first-order valence-electron chi connectivity index (χ1n) is 6.95. The molecule has 1 saturated heterocycles. The van der Waals surface area contributed by atoms with Gasteiger partial charge in [-0.05, 0) is 45.0 Å². The van der Waals surface area contributed by atoms with E-state index in [1.54, 1.807) is 14.2 Å². The Morgan fingerprint density at radius 1 is 1.21 bits per heavy atom. The summed E-state index contributed by atoms with van der Waals surface area (Å²) in [5.74, 6) is 1.72. The molecule has 1 heterocycles. The summed E-state index contributed by atoms with van der Waals surface area (Å²) in [5.41, 5.74) is 1.16. The molecular formula is C15H24N2O2. The minimum atomic E-state index is 0.509. The first kappa shape index (κ1) is 14.0. The van der Waals surface area contributed by atoms with Crippen molar-refractivity contribution in [2.24, 2.45) is 0 Å². The van der Waals surface area contributed by atoms with Gasteiger partial charge in [0.1, 0.15) is 11.5 Å². The molecule has 0 aliphatic carbocycles. The summed E-state index contributed by atoms with van der Waals surface area (Å²) in [6, 6.07) is 6.57. The van der Waals surface area contributed by atoms with E-state index in [2.05, 4.69) is 23.2 Å². The van der Waals surface area contributed by atoms with Gasteiger partial charge < -0.3 is 19.7 Å². The minimum Gasteiger partial charge on any atom is -0.497 e. The van der Waals surface area contributed by atoms with E-state index >= 15 is 0 Å². The van der Waals surface area contributed by atoms with Crippen LogP contribution in [0, 0.1) is 0 Å². The number of rotatable bonds is 3. The van der Waals surface area contributed by atoms with E-state index in [1.165, 1.54) is 0 Å². The topological polar surface area (TPSA) is 33.7 Å². The molecule has 4 nitrogen and oxygen atoms in total. The number of ether oxygens (including phenoxy) is 2. The number of nitrogens with one attached hydrogen (secondary N) is 1. The van der Waals surface area contributed by atoms with Gasteiger partial charge in [-0.25, -0.2) is 0 Å². The summed E-state index contributed by atoms with van der Waals surface area (Å²) >= 11 is 0. The number of anilines is 1. The van der Waals surface area contributed by atoms with E-state index in [0.29, 0.717) is 6.04 Å². The summed E-state index contributed by atoms with van der Waals surface area (Å²) in [5, 5.41) is 3.46. The molecule has 0 radical (unpaired) electrons. The van der Waals surface area contributed by atoms with Crippen LogP contribution in [-0.2, 0) is 0 Å². The highest BCUT2D eigenvalue weighted by Crippen LogP contribution is 2.34. The zero-order valence-electron chi connectivity index (χ0n) is 12.1. The number of benzene rings is 1. The Morgan fingerprint density at radius 3 is 2.79 bits per heavy atom. The molecule has 1 aliphatic rings. The molecular weight excluding hydrogens is 240 g/mol. The Hall–Kier alpha value is -1.42. The highest BCUT2D eigenvalue weighted by atomic mass is 16.5. The highest BCUT2D eigenvalue weighted by Gasteiger charge is 2.19. The Bertz CT molecular complexity index is 409. The molecule has 0 saturated carbocycles. The van der Waals surface area contributed by atoms with Crippen LogP contribution in [0.3, 0.4) is 0 Å². The highest BCUT2D eigenvalue weighted by molar-refractivity contribution is 5.61. The monoisotopic (exact) mass is 264 g/mol. The lowest BCUT2D eigenvalue weighted by Gasteiger charge is -2.34. The third-order valence-electron chi connectivity index (χ3n) is 3.72. The SMILES string of the molecule is COc1ccc(N2CCCNCCC2C)c(OC)c1. The molecule has 0 spiro atoms.